The minimum absolute atomic E-state index is 0.0483. The van der Waals surface area contributed by atoms with Crippen molar-refractivity contribution in [3.63, 3.8) is 0 Å². The number of imide groups is 2. The van der Waals surface area contributed by atoms with Gasteiger partial charge in [-0.15, -0.1) is 0 Å². The number of hydrogen-bond donors (Lipinski definition) is 2. The summed E-state index contributed by atoms with van der Waals surface area (Å²) in [5.74, 6) is -8.13. The fourth-order valence-electron chi connectivity index (χ4n) is 9.03. The van der Waals surface area contributed by atoms with Crippen LogP contribution in [-0.2, 0) is 16.0 Å². The number of nitrogens with one attached hydrogen (secondary N) is 1. The lowest BCUT2D eigenvalue weighted by atomic mass is 9.69. The summed E-state index contributed by atoms with van der Waals surface area (Å²) in [4.78, 5) is 53.7. The van der Waals surface area contributed by atoms with Crippen LogP contribution >= 0.6 is 0 Å². The lowest BCUT2D eigenvalue weighted by Gasteiger charge is -2.40. The van der Waals surface area contributed by atoms with Crippen LogP contribution in [0, 0.1) is 17.6 Å². The maximum Gasteiger partial charge on any atom is 0.265 e. The molecule has 3 saturated heterocycles. The van der Waals surface area contributed by atoms with E-state index in [2.05, 4.69) is 29.2 Å². The van der Waals surface area contributed by atoms with Crippen LogP contribution < -0.4 is 15.1 Å². The zero-order valence-electron chi connectivity index (χ0n) is 38.8. The Hall–Kier alpha value is -5.62. The summed E-state index contributed by atoms with van der Waals surface area (Å²) in [6, 6.07) is 23.0. The van der Waals surface area contributed by atoms with E-state index >= 15 is 8.78 Å². The summed E-state index contributed by atoms with van der Waals surface area (Å²) in [5.41, 5.74) is 1.94. The van der Waals surface area contributed by atoms with Crippen molar-refractivity contribution in [2.75, 3.05) is 55.4 Å². The van der Waals surface area contributed by atoms with E-state index in [1.165, 1.54) is 11.1 Å². The lowest BCUT2D eigenvalue weighted by molar-refractivity contribution is -0.136. The molecule has 4 aromatic rings. The first kappa shape index (κ1) is 28.7. The number of carbonyl (C=O) groups excluding carboxylic acids is 4. The highest BCUT2D eigenvalue weighted by atomic mass is 19.1. The minimum Gasteiger partial charge on any atom is -0.508 e. The number of piperidine rings is 2. The third-order valence-electron chi connectivity index (χ3n) is 11.9. The number of benzene rings is 4. The van der Waals surface area contributed by atoms with Crippen LogP contribution in [0.2, 0.25) is 0 Å². The molecule has 0 radical (unpaired) electrons. The van der Waals surface area contributed by atoms with Crippen molar-refractivity contribution in [3.8, 4) is 5.75 Å². The van der Waals surface area contributed by atoms with Crippen molar-refractivity contribution < 1.29 is 44.0 Å². The Morgan fingerprint density at radius 3 is 2.23 bits per heavy atom. The van der Waals surface area contributed by atoms with Crippen LogP contribution in [0.3, 0.4) is 0 Å². The summed E-state index contributed by atoms with van der Waals surface area (Å²) in [7, 11) is 0. The monoisotopic (exact) mass is 781 g/mol. The van der Waals surface area contributed by atoms with Crippen molar-refractivity contribution in [2.45, 2.75) is 56.4 Å². The molecule has 0 spiro atoms. The molecular formula is C45H45F2N5O5. The largest absolute Gasteiger partial charge is 0.508 e. The number of halogens is 2. The number of fused-ring (bicyclic) bond motifs is 2. The molecule has 3 fully saturated rings. The number of nitrogens with zero attached hydrogens (tertiary/aromatic N) is 4. The Morgan fingerprint density at radius 2 is 1.51 bits per heavy atom. The second-order valence-electron chi connectivity index (χ2n) is 15.2. The van der Waals surface area contributed by atoms with Gasteiger partial charge in [-0.1, -0.05) is 48.5 Å². The molecule has 2 N–H and O–H groups in total. The first-order valence-electron chi connectivity index (χ1n) is 23.2. The van der Waals surface area contributed by atoms with Gasteiger partial charge in [0.1, 0.15) is 23.3 Å². The van der Waals surface area contributed by atoms with Gasteiger partial charge in [-0.3, -0.25) is 34.3 Å². The molecule has 0 bridgehead atoms. The average Bonchev–Trinajstić information content (AvgIpc) is 3.51. The number of aryl methyl sites for hydroxylation is 1. The summed E-state index contributed by atoms with van der Waals surface area (Å²) in [6.07, 6.45) is 1.95. The van der Waals surface area contributed by atoms with Gasteiger partial charge in [-0.2, -0.15) is 0 Å². The molecule has 3 atom stereocenters. The molecule has 4 amide bonds. The molecule has 0 saturated carbocycles. The van der Waals surface area contributed by atoms with Gasteiger partial charge in [0.15, 0.2) is 5.82 Å². The molecule has 0 aromatic heterocycles. The van der Waals surface area contributed by atoms with E-state index in [1.54, 1.807) is 6.07 Å². The molecule has 12 heteroatoms. The fourth-order valence-corrected chi connectivity index (χ4v) is 9.03. The summed E-state index contributed by atoms with van der Waals surface area (Å²) >= 11 is 0. The molecular weight excluding hydrogens is 729 g/mol. The zero-order chi connectivity index (χ0) is 46.5. The predicted molar refractivity (Wildman–Crippen MR) is 211 cm³/mol. The van der Waals surface area contributed by atoms with Gasteiger partial charge in [-0.25, -0.2) is 8.78 Å². The standard InChI is InChI=1S/C45H45F2N5O5/c46-36-25-35-40(45(57)52(44(35)56)37-14-15-38(54)48-43(37)55)41(47)42(36)51-22-20-49(21-23-51)26-27-16-18-50(19-17-27)31-9-6-29(7-10-31)39-33(28-4-2-1-3-5-28)12-8-30-24-32(53)11-13-34(30)39/h1-7,9-11,13,24-25,27,33,37,39,53H,8,12,14-23,26H2,(H,48,54,55)/t33-,37?,39+/m1/s1/i20D2,21D2,22D2,23D2. The molecule has 57 heavy (non-hydrogen) atoms. The number of rotatable bonds is 7. The van der Waals surface area contributed by atoms with Crippen LogP contribution in [0.4, 0.5) is 20.2 Å². The topological polar surface area (TPSA) is 114 Å². The Morgan fingerprint density at radius 1 is 0.772 bits per heavy atom. The lowest BCUT2D eigenvalue weighted by Crippen LogP contribution is -2.54. The highest BCUT2D eigenvalue weighted by molar-refractivity contribution is 6.24. The minimum atomic E-state index is -3.70. The van der Waals surface area contributed by atoms with Crippen LogP contribution in [0.1, 0.15) is 97.9 Å². The summed E-state index contributed by atoms with van der Waals surface area (Å²) in [5, 5.41) is 12.2. The quantitative estimate of drug-likeness (QED) is 0.221. The van der Waals surface area contributed by atoms with Gasteiger partial charge >= 0.3 is 0 Å². The zero-order valence-corrected chi connectivity index (χ0v) is 30.8. The maximum atomic E-state index is 16.6. The molecule has 10 nitrogen and oxygen atoms in total. The number of amides is 4. The average molecular weight is 782 g/mol. The summed E-state index contributed by atoms with van der Waals surface area (Å²) in [6.45, 7) is -13.8. The van der Waals surface area contributed by atoms with Crippen molar-refractivity contribution in [1.29, 1.82) is 0 Å². The first-order valence-corrected chi connectivity index (χ1v) is 19.2. The van der Waals surface area contributed by atoms with E-state index in [0.29, 0.717) is 41.8 Å². The Labute approximate surface area is 341 Å². The Bertz CT molecular complexity index is 2590. The van der Waals surface area contributed by atoms with E-state index in [0.717, 1.165) is 29.7 Å². The highest BCUT2D eigenvalue weighted by Crippen LogP contribution is 2.47. The van der Waals surface area contributed by atoms with Gasteiger partial charge in [-0.05, 0) is 96.5 Å². The van der Waals surface area contributed by atoms with Gasteiger partial charge in [0.2, 0.25) is 11.8 Å². The molecule has 4 aliphatic heterocycles. The van der Waals surface area contributed by atoms with E-state index in [9.17, 15) is 24.3 Å². The molecule has 4 heterocycles. The van der Waals surface area contributed by atoms with Crippen molar-refractivity contribution in [3.05, 3.63) is 124 Å². The third kappa shape index (κ3) is 6.83. The van der Waals surface area contributed by atoms with Gasteiger partial charge < -0.3 is 14.9 Å². The number of carbonyl (C=O) groups is 4. The normalized spacial score (nSPS) is 28.7. The third-order valence-corrected chi connectivity index (χ3v) is 11.9. The summed E-state index contributed by atoms with van der Waals surface area (Å²) < 4.78 is 104. The second-order valence-corrected chi connectivity index (χ2v) is 15.2. The van der Waals surface area contributed by atoms with E-state index in [1.807, 2.05) is 47.8 Å². The molecule has 9 rings (SSSR count). The Balaban J connectivity index is 0.934. The van der Waals surface area contributed by atoms with Gasteiger partial charge in [0, 0.05) is 69.1 Å². The van der Waals surface area contributed by atoms with Crippen molar-refractivity contribution >= 4 is 35.0 Å². The predicted octanol–water partition coefficient (Wildman–Crippen LogP) is 5.97. The van der Waals surface area contributed by atoms with Gasteiger partial charge in [0.05, 0.1) is 16.6 Å². The van der Waals surface area contributed by atoms with E-state index in [-0.39, 0.29) is 35.3 Å². The van der Waals surface area contributed by atoms with Crippen molar-refractivity contribution in [2.24, 2.45) is 5.92 Å². The second kappa shape index (κ2) is 15.0. The van der Waals surface area contributed by atoms with E-state index < -0.39 is 96.6 Å². The first-order chi connectivity index (χ1) is 30.7. The number of phenolic OH excluding ortho intramolecular Hbond substituents is 1. The maximum absolute atomic E-state index is 16.6. The molecule has 294 valence electrons. The van der Waals surface area contributed by atoms with Crippen LogP contribution in [0.15, 0.2) is 78.9 Å². The Kier molecular flexibility index (Phi) is 7.58. The SMILES string of the molecule is [2H]C1([2H])N(CC2CCN(c3ccc([C@@H]4c5ccc(O)cc5CC[C@@H]4c4ccccc4)cc3)CC2)C([2H])([2H])C([2H])([2H])N(c2c(F)cc3c(c2F)C(=O)N(C2CCC(=O)NC2=O)C3=O)C1([2H])[2H]. The number of hydrogen-bond acceptors (Lipinski definition) is 8. The van der Waals surface area contributed by atoms with Crippen molar-refractivity contribution in [1.82, 2.24) is 15.1 Å². The highest BCUT2D eigenvalue weighted by Gasteiger charge is 2.47. The fraction of sp³-hybridized carbons (Fsp3) is 0.378. The molecule has 5 aliphatic rings. The molecule has 1 unspecified atom stereocenters. The number of aromatic hydroxyl groups is 1. The number of piperazine rings is 1. The molecule has 4 aromatic carbocycles. The smallest absolute Gasteiger partial charge is 0.265 e. The number of phenols is 1. The van der Waals surface area contributed by atoms with Gasteiger partial charge in [0.25, 0.3) is 11.8 Å². The van der Waals surface area contributed by atoms with Crippen LogP contribution in [0.25, 0.3) is 0 Å². The van der Waals surface area contributed by atoms with Crippen LogP contribution in [-0.4, -0.2) is 90.2 Å². The van der Waals surface area contributed by atoms with E-state index in [4.69, 9.17) is 11.0 Å². The number of anilines is 2. The van der Waals surface area contributed by atoms with Crippen LogP contribution in [0.5, 0.6) is 5.75 Å². The molecule has 1 aliphatic carbocycles.